The number of aryl methyl sites for hydroxylation is 1. The first-order valence-electron chi connectivity index (χ1n) is 6.12. The average Bonchev–Trinajstić information content (AvgIpc) is 2.32. The number of hydrogen-bond acceptors (Lipinski definition) is 3. The van der Waals surface area contributed by atoms with Gasteiger partial charge in [0.05, 0.1) is 5.69 Å². The highest BCUT2D eigenvalue weighted by Crippen LogP contribution is 2.16. The van der Waals surface area contributed by atoms with E-state index < -0.39 is 16.2 Å². The highest BCUT2D eigenvalue weighted by molar-refractivity contribution is 7.90. The summed E-state index contributed by atoms with van der Waals surface area (Å²) in [6.45, 7) is 4.02. The van der Waals surface area contributed by atoms with Gasteiger partial charge in [0.15, 0.2) is 0 Å². The fourth-order valence-corrected chi connectivity index (χ4v) is 2.54. The van der Waals surface area contributed by atoms with Crippen LogP contribution in [0.2, 0.25) is 0 Å². The van der Waals surface area contributed by atoms with Gasteiger partial charge in [-0.1, -0.05) is 13.0 Å². The van der Waals surface area contributed by atoms with E-state index in [0.717, 1.165) is 11.6 Å². The van der Waals surface area contributed by atoms with Crippen molar-refractivity contribution in [1.82, 2.24) is 4.72 Å². The molecule has 0 amide bonds. The second-order valence-electron chi connectivity index (χ2n) is 4.30. The summed E-state index contributed by atoms with van der Waals surface area (Å²) < 4.78 is 28.2. The number of anilines is 1. The number of carboxylic acid groups (broad SMARTS) is 1. The van der Waals surface area contributed by atoms with E-state index in [1.54, 1.807) is 25.1 Å². The molecule has 1 aromatic rings. The Kier molecular flexibility index (Phi) is 5.72. The first-order chi connectivity index (χ1) is 9.32. The van der Waals surface area contributed by atoms with Crippen LogP contribution >= 0.6 is 0 Å². The lowest BCUT2D eigenvalue weighted by Gasteiger charge is -2.10. The summed E-state index contributed by atoms with van der Waals surface area (Å²) in [6, 6.07) is 5.00. The van der Waals surface area contributed by atoms with Gasteiger partial charge in [0.2, 0.25) is 0 Å². The third kappa shape index (κ3) is 5.85. The summed E-state index contributed by atoms with van der Waals surface area (Å²) in [5, 5.41) is 8.59. The zero-order valence-corrected chi connectivity index (χ0v) is 12.2. The van der Waals surface area contributed by atoms with E-state index in [9.17, 15) is 13.2 Å². The smallest absolute Gasteiger partial charge is 0.328 e. The van der Waals surface area contributed by atoms with Crippen molar-refractivity contribution >= 4 is 27.9 Å². The van der Waals surface area contributed by atoms with Gasteiger partial charge in [-0.3, -0.25) is 4.72 Å². The lowest BCUT2D eigenvalue weighted by atomic mass is 10.1. The predicted molar refractivity (Wildman–Crippen MR) is 78.7 cm³/mol. The number of nitrogens with one attached hydrogen (secondary N) is 2. The van der Waals surface area contributed by atoms with Crippen LogP contribution in [0.3, 0.4) is 0 Å². The van der Waals surface area contributed by atoms with Crippen molar-refractivity contribution in [2.24, 2.45) is 0 Å². The van der Waals surface area contributed by atoms with Crippen LogP contribution in [0.25, 0.3) is 6.08 Å². The van der Waals surface area contributed by atoms with Gasteiger partial charge in [-0.25, -0.2) is 4.79 Å². The fraction of sp³-hybridized carbons (Fsp3) is 0.308. The molecule has 1 aromatic carbocycles. The van der Waals surface area contributed by atoms with Gasteiger partial charge in [-0.05, 0) is 42.7 Å². The average molecular weight is 298 g/mol. The van der Waals surface area contributed by atoms with Gasteiger partial charge in [0.25, 0.3) is 10.2 Å². The van der Waals surface area contributed by atoms with Crippen LogP contribution in [0.15, 0.2) is 24.3 Å². The topological polar surface area (TPSA) is 95.5 Å². The summed E-state index contributed by atoms with van der Waals surface area (Å²) >= 11 is 0. The van der Waals surface area contributed by atoms with Gasteiger partial charge in [-0.15, -0.1) is 0 Å². The minimum Gasteiger partial charge on any atom is -0.478 e. The van der Waals surface area contributed by atoms with Crippen molar-refractivity contribution < 1.29 is 18.3 Å². The lowest BCUT2D eigenvalue weighted by Crippen LogP contribution is -2.30. The summed E-state index contributed by atoms with van der Waals surface area (Å²) in [5.41, 5.74) is 1.82. The Balaban J connectivity index is 2.93. The third-order valence-corrected chi connectivity index (χ3v) is 3.40. The summed E-state index contributed by atoms with van der Waals surface area (Å²) in [4.78, 5) is 10.5. The SMILES string of the molecule is CCCNS(=O)(=O)Nc1cc(C)cc(/C=C/C(=O)O)c1. The Labute approximate surface area is 118 Å². The molecule has 0 atom stereocenters. The van der Waals surface area contributed by atoms with Crippen molar-refractivity contribution in [3.8, 4) is 0 Å². The summed E-state index contributed by atoms with van der Waals surface area (Å²) in [5.74, 6) is -1.06. The van der Waals surface area contributed by atoms with Gasteiger partial charge in [-0.2, -0.15) is 13.1 Å². The number of hydrogen-bond donors (Lipinski definition) is 3. The molecule has 1 rings (SSSR count). The maximum Gasteiger partial charge on any atom is 0.328 e. The second-order valence-corrected chi connectivity index (χ2v) is 5.80. The molecular weight excluding hydrogens is 280 g/mol. The molecule has 6 nitrogen and oxygen atoms in total. The van der Waals surface area contributed by atoms with Crippen LogP contribution in [-0.2, 0) is 15.0 Å². The minimum atomic E-state index is -3.60. The highest BCUT2D eigenvalue weighted by Gasteiger charge is 2.09. The number of rotatable bonds is 7. The summed E-state index contributed by atoms with van der Waals surface area (Å²) in [6.07, 6.45) is 3.11. The molecule has 0 aromatic heterocycles. The number of carboxylic acids is 1. The lowest BCUT2D eigenvalue weighted by molar-refractivity contribution is -0.131. The van der Waals surface area contributed by atoms with Gasteiger partial charge in [0.1, 0.15) is 0 Å². The molecular formula is C13H18N2O4S. The zero-order chi connectivity index (χ0) is 15.2. The molecule has 0 bridgehead atoms. The number of carbonyl (C=O) groups is 1. The van der Waals surface area contributed by atoms with E-state index in [0.29, 0.717) is 24.2 Å². The normalized spacial score (nSPS) is 11.7. The summed E-state index contributed by atoms with van der Waals surface area (Å²) in [7, 11) is -3.60. The predicted octanol–water partition coefficient (Wildman–Crippen LogP) is 1.75. The van der Waals surface area contributed by atoms with Crippen molar-refractivity contribution in [2.45, 2.75) is 20.3 Å². The molecule has 110 valence electrons. The Bertz CT molecular complexity index is 609. The van der Waals surface area contributed by atoms with Crippen molar-refractivity contribution in [2.75, 3.05) is 11.3 Å². The second kappa shape index (κ2) is 7.06. The quantitative estimate of drug-likeness (QED) is 0.668. The minimum absolute atomic E-state index is 0.354. The molecule has 0 aliphatic rings. The fourth-order valence-electron chi connectivity index (χ4n) is 1.56. The highest BCUT2D eigenvalue weighted by atomic mass is 32.2. The number of benzene rings is 1. The molecule has 0 heterocycles. The molecule has 7 heteroatoms. The third-order valence-electron chi connectivity index (χ3n) is 2.31. The molecule has 20 heavy (non-hydrogen) atoms. The van der Waals surface area contributed by atoms with Gasteiger partial charge < -0.3 is 5.11 Å². The van der Waals surface area contributed by atoms with Crippen LogP contribution < -0.4 is 9.44 Å². The largest absolute Gasteiger partial charge is 0.478 e. The van der Waals surface area contributed by atoms with Crippen LogP contribution in [0.4, 0.5) is 5.69 Å². The first-order valence-corrected chi connectivity index (χ1v) is 7.61. The molecule has 0 unspecified atom stereocenters. The van der Waals surface area contributed by atoms with E-state index in [1.807, 2.05) is 6.92 Å². The molecule has 0 aliphatic carbocycles. The van der Waals surface area contributed by atoms with E-state index in [2.05, 4.69) is 9.44 Å². The van der Waals surface area contributed by atoms with Crippen LogP contribution in [0.1, 0.15) is 24.5 Å². The molecule has 3 N–H and O–H groups in total. The van der Waals surface area contributed by atoms with Crippen molar-refractivity contribution in [1.29, 1.82) is 0 Å². The molecule has 0 radical (unpaired) electrons. The van der Waals surface area contributed by atoms with E-state index >= 15 is 0 Å². The Morgan fingerprint density at radius 2 is 2.05 bits per heavy atom. The van der Waals surface area contributed by atoms with Gasteiger partial charge in [0, 0.05) is 12.6 Å². The maximum absolute atomic E-state index is 11.7. The molecule has 0 aliphatic heterocycles. The van der Waals surface area contributed by atoms with E-state index in [-0.39, 0.29) is 0 Å². The van der Waals surface area contributed by atoms with E-state index in [4.69, 9.17) is 5.11 Å². The van der Waals surface area contributed by atoms with Crippen LogP contribution in [0, 0.1) is 6.92 Å². The van der Waals surface area contributed by atoms with Crippen LogP contribution in [-0.4, -0.2) is 26.0 Å². The zero-order valence-electron chi connectivity index (χ0n) is 11.4. The van der Waals surface area contributed by atoms with E-state index in [1.165, 1.54) is 6.08 Å². The maximum atomic E-state index is 11.7. The van der Waals surface area contributed by atoms with Gasteiger partial charge >= 0.3 is 5.97 Å². The first kappa shape index (κ1) is 16.2. The van der Waals surface area contributed by atoms with Crippen molar-refractivity contribution in [3.63, 3.8) is 0 Å². The molecule has 0 saturated heterocycles. The molecule has 0 saturated carbocycles. The Morgan fingerprint density at radius 3 is 2.65 bits per heavy atom. The standard InChI is InChI=1S/C13H18N2O4S/c1-3-6-14-20(18,19)15-12-8-10(2)7-11(9-12)4-5-13(16)17/h4-5,7-9,14-15H,3,6H2,1-2H3,(H,16,17)/b5-4+. The monoisotopic (exact) mass is 298 g/mol. The van der Waals surface area contributed by atoms with Crippen LogP contribution in [0.5, 0.6) is 0 Å². The molecule has 0 fully saturated rings. The van der Waals surface area contributed by atoms with Crippen molar-refractivity contribution in [3.05, 3.63) is 35.4 Å². The molecule has 0 spiro atoms. The Hall–Kier alpha value is -1.86. The number of aliphatic carboxylic acids is 1. The Morgan fingerprint density at radius 1 is 1.35 bits per heavy atom.